The maximum absolute atomic E-state index is 4.87. The van der Waals surface area contributed by atoms with E-state index < -0.39 is 0 Å². The fourth-order valence-electron chi connectivity index (χ4n) is 6.82. The van der Waals surface area contributed by atoms with E-state index in [0.717, 1.165) is 68.2 Å². The van der Waals surface area contributed by atoms with E-state index in [2.05, 4.69) is 135 Å². The number of hydrogen-bond acceptors (Lipinski definition) is 3. The first kappa shape index (κ1) is 34.0. The summed E-state index contributed by atoms with van der Waals surface area (Å²) >= 11 is 0. The normalized spacial score (nSPS) is 11.2. The summed E-state index contributed by atoms with van der Waals surface area (Å²) < 4.78 is 8.43. The van der Waals surface area contributed by atoms with Gasteiger partial charge in [0.2, 0.25) is 0 Å². The monoisotopic (exact) mass is 865 g/mol. The van der Waals surface area contributed by atoms with Crippen LogP contribution in [0.5, 0.6) is 0 Å². The Morgan fingerprint density at radius 1 is 0.434 bits per heavy atom. The van der Waals surface area contributed by atoms with E-state index >= 15 is 0 Å². The van der Waals surface area contributed by atoms with Crippen molar-refractivity contribution in [3.05, 3.63) is 199 Å². The van der Waals surface area contributed by atoms with E-state index in [0.29, 0.717) is 13.1 Å². The van der Waals surface area contributed by atoms with Crippen molar-refractivity contribution in [3.63, 3.8) is 0 Å². The van der Waals surface area contributed by atoms with Gasteiger partial charge in [-0.3, -0.25) is 14.3 Å². The molecule has 0 bridgehead atoms. The second kappa shape index (κ2) is 15.3. The third kappa shape index (κ3) is 7.33. The van der Waals surface area contributed by atoms with Gasteiger partial charge < -0.3 is 9.13 Å². The molecule has 8 heteroatoms. The van der Waals surface area contributed by atoms with Gasteiger partial charge in [0.05, 0.1) is 47.9 Å². The van der Waals surface area contributed by atoms with Gasteiger partial charge in [-0.1, -0.05) is 90.2 Å². The maximum Gasteiger partial charge on any atom is 3.00 e. The second-order valence-corrected chi connectivity index (χ2v) is 12.9. The molecule has 0 saturated heterocycles. The number of hydrogen-bond donors (Lipinski definition) is 0. The maximum atomic E-state index is 4.87. The topological polar surface area (TPSA) is 58.4 Å². The van der Waals surface area contributed by atoms with E-state index in [1.807, 2.05) is 70.5 Å². The van der Waals surface area contributed by atoms with Crippen LogP contribution < -0.4 is 0 Å². The first-order valence-corrected chi connectivity index (χ1v) is 17.4. The summed E-state index contributed by atoms with van der Waals surface area (Å²) in [7, 11) is 0. The quantitative estimate of drug-likeness (QED) is 0.144. The first-order chi connectivity index (χ1) is 25.7. The summed E-state index contributed by atoms with van der Waals surface area (Å²) in [6, 6.07) is 55.8. The number of pyridine rings is 1. The van der Waals surface area contributed by atoms with E-state index in [-0.39, 0.29) is 20.1 Å². The molecule has 0 aliphatic heterocycles. The number of benzene rings is 5. The van der Waals surface area contributed by atoms with E-state index in [4.69, 9.17) is 4.98 Å². The third-order valence-corrected chi connectivity index (χ3v) is 9.37. The molecule has 0 amide bonds. The molecule has 10 rings (SSSR count). The Morgan fingerprint density at radius 3 is 1.38 bits per heavy atom. The van der Waals surface area contributed by atoms with Gasteiger partial charge in [-0.05, 0) is 24.3 Å². The van der Waals surface area contributed by atoms with Crippen LogP contribution in [-0.4, -0.2) is 33.7 Å². The summed E-state index contributed by atoms with van der Waals surface area (Å²) in [6.45, 7) is 2.91. The predicted octanol–water partition coefficient (Wildman–Crippen LogP) is 8.97. The molecule has 5 aromatic heterocycles. The summed E-state index contributed by atoms with van der Waals surface area (Å²) in [5.74, 6) is 0. The van der Waals surface area contributed by atoms with Gasteiger partial charge in [0, 0.05) is 23.9 Å². The van der Waals surface area contributed by atoms with Crippen LogP contribution in [0.3, 0.4) is 0 Å². The molecule has 7 nitrogen and oxygen atoms in total. The van der Waals surface area contributed by atoms with Crippen LogP contribution in [0, 0.1) is 18.2 Å². The Labute approximate surface area is 321 Å². The summed E-state index contributed by atoms with van der Waals surface area (Å²) in [4.78, 5) is 4.87. The zero-order valence-electron chi connectivity index (χ0n) is 28.8. The third-order valence-electron chi connectivity index (χ3n) is 9.37. The van der Waals surface area contributed by atoms with Crippen molar-refractivity contribution in [3.8, 4) is 0 Å². The molecule has 258 valence electrons. The Kier molecular flexibility index (Phi) is 9.80. The zero-order chi connectivity index (χ0) is 34.7. The molecule has 5 aromatic carbocycles. The molecule has 0 saturated carbocycles. The Bertz CT molecular complexity index is 2410. The molecular weight excluding hydrogens is 831 g/mol. The van der Waals surface area contributed by atoms with Crippen LogP contribution in [0.4, 0.5) is 0 Å². The van der Waals surface area contributed by atoms with Gasteiger partial charge in [-0.25, -0.2) is 0 Å². The van der Waals surface area contributed by atoms with Gasteiger partial charge in [-0.15, -0.1) is 23.3 Å². The summed E-state index contributed by atoms with van der Waals surface area (Å²) in [5, 5.41) is 13.6. The largest absolute Gasteiger partial charge is 3.00 e. The van der Waals surface area contributed by atoms with Gasteiger partial charge >= 0.3 is 20.1 Å². The van der Waals surface area contributed by atoms with Crippen molar-refractivity contribution in [1.82, 2.24) is 33.7 Å². The van der Waals surface area contributed by atoms with Crippen molar-refractivity contribution < 1.29 is 20.1 Å². The minimum absolute atomic E-state index is 0. The van der Waals surface area contributed by atoms with Crippen LogP contribution in [-0.2, 0) is 46.3 Å². The van der Waals surface area contributed by atoms with E-state index in [1.54, 1.807) is 0 Å². The fraction of sp³-hybridized carbons (Fsp3) is 0.0889. The molecule has 0 spiro atoms. The number of para-hydroxylation sites is 4. The van der Waals surface area contributed by atoms with Crippen LogP contribution >= 0.6 is 0 Å². The average Bonchev–Trinajstić information content (AvgIpc) is 3.99. The van der Waals surface area contributed by atoms with Crippen molar-refractivity contribution in [2.24, 2.45) is 0 Å². The number of fused-ring (bicyclic) bond motifs is 4. The average molecular weight is 865 g/mol. The van der Waals surface area contributed by atoms with E-state index in [1.165, 1.54) is 11.0 Å². The van der Waals surface area contributed by atoms with Gasteiger partial charge in [0.1, 0.15) is 0 Å². The molecule has 0 aliphatic rings. The minimum Gasteiger partial charge on any atom is -0.406 e. The van der Waals surface area contributed by atoms with Crippen molar-refractivity contribution in [1.29, 1.82) is 0 Å². The SMILES string of the molecule is [Ir+3].[c-]1c(Cn2ncc3ccccc32)cccc1Cn1ncc2ccccc21.[c-]1cn(Cc2cccc(Cn3c[c-]c4ccccc43)n2)c2ccccc12. The summed E-state index contributed by atoms with van der Waals surface area (Å²) in [6.07, 6.45) is 7.84. The van der Waals surface area contributed by atoms with Crippen LogP contribution in [0.1, 0.15) is 22.5 Å². The molecule has 0 unspecified atom stereocenters. The number of nitrogens with zero attached hydrogens (tertiary/aromatic N) is 7. The molecular formula is C45H34IrN7. The molecule has 0 fully saturated rings. The van der Waals surface area contributed by atoms with Crippen LogP contribution in [0.15, 0.2) is 158 Å². The first-order valence-electron chi connectivity index (χ1n) is 17.4. The Morgan fingerprint density at radius 2 is 0.868 bits per heavy atom. The van der Waals surface area contributed by atoms with Gasteiger partial charge in [0.25, 0.3) is 0 Å². The molecule has 0 radical (unpaired) electrons. The molecule has 0 atom stereocenters. The second-order valence-electron chi connectivity index (χ2n) is 12.9. The summed E-state index contributed by atoms with van der Waals surface area (Å²) in [5.41, 5.74) is 9.00. The Hall–Kier alpha value is -6.08. The van der Waals surface area contributed by atoms with Crippen molar-refractivity contribution >= 4 is 43.6 Å². The van der Waals surface area contributed by atoms with Crippen molar-refractivity contribution in [2.45, 2.75) is 26.2 Å². The van der Waals surface area contributed by atoms with Gasteiger partial charge in [0.15, 0.2) is 0 Å². The molecule has 53 heavy (non-hydrogen) atoms. The van der Waals surface area contributed by atoms with Gasteiger partial charge in [-0.2, -0.15) is 69.5 Å². The van der Waals surface area contributed by atoms with Crippen LogP contribution in [0.2, 0.25) is 0 Å². The van der Waals surface area contributed by atoms with Crippen LogP contribution in [0.25, 0.3) is 43.6 Å². The van der Waals surface area contributed by atoms with E-state index in [9.17, 15) is 0 Å². The fourth-order valence-corrected chi connectivity index (χ4v) is 6.82. The predicted molar refractivity (Wildman–Crippen MR) is 207 cm³/mol. The zero-order valence-corrected chi connectivity index (χ0v) is 31.2. The smallest absolute Gasteiger partial charge is 0.406 e. The van der Waals surface area contributed by atoms with Crippen molar-refractivity contribution in [2.75, 3.05) is 0 Å². The number of rotatable bonds is 8. The number of aromatic nitrogens is 7. The molecule has 0 N–H and O–H groups in total. The molecule has 0 aliphatic carbocycles. The standard InChI is InChI=1S/C23H17N3.C22H17N4.Ir/c1-3-10-22-18(6-1)12-14-25(22)16-20-8-5-9-21(24-20)17-26-15-13-19-7-2-4-11-23(19)26;1-3-10-21-19(8-1)13-23-25(21)15-17-6-5-7-18(12-17)16-26-22-11-4-2-9-20(22)14-24-26;/h1-11,14-15H,16-17H2;1-11,13-14H,15-16H2;/q-2;-1;+3. The minimum atomic E-state index is 0. The Balaban J connectivity index is 0.000000148. The molecule has 5 heterocycles. The molecule has 10 aromatic rings.